The quantitative estimate of drug-likeness (QED) is 0.548. The maximum atomic E-state index is 12.1. The van der Waals surface area contributed by atoms with Gasteiger partial charge in [-0.2, -0.15) is 0 Å². The molecule has 1 aromatic carbocycles. The van der Waals surface area contributed by atoms with Gasteiger partial charge < -0.3 is 14.5 Å². The molecule has 4 rings (SSSR count). The van der Waals surface area contributed by atoms with Gasteiger partial charge in [0.2, 0.25) is 5.69 Å². The standard InChI is InChI=1S/C22H22N3O2S2/c1-15-21(22-24(3)17-10-5-6-11-18(17)28-22)29-19(25(15)14-20(26)27-4)13-16-9-7-8-12-23(16)2/h5-13H,1,14H2,2-4H3/q+1/b22-21+. The average molecular weight is 425 g/mol. The molecule has 0 unspecified atom stereocenters. The van der Waals surface area contributed by atoms with Gasteiger partial charge in [-0.1, -0.05) is 42.2 Å². The molecule has 2 aliphatic rings. The van der Waals surface area contributed by atoms with E-state index in [4.69, 9.17) is 4.74 Å². The van der Waals surface area contributed by atoms with Crippen molar-refractivity contribution < 1.29 is 14.1 Å². The van der Waals surface area contributed by atoms with E-state index in [1.54, 1.807) is 23.5 Å². The minimum Gasteiger partial charge on any atom is -0.468 e. The van der Waals surface area contributed by atoms with Crippen LogP contribution in [0.3, 0.4) is 0 Å². The van der Waals surface area contributed by atoms with Gasteiger partial charge in [-0.15, -0.1) is 0 Å². The Morgan fingerprint density at radius 1 is 1.21 bits per heavy atom. The number of aromatic nitrogens is 1. The Labute approximate surface area is 179 Å². The van der Waals surface area contributed by atoms with Crippen molar-refractivity contribution in [3.8, 4) is 0 Å². The van der Waals surface area contributed by atoms with Gasteiger partial charge in [0, 0.05) is 30.2 Å². The fourth-order valence-corrected chi connectivity index (χ4v) is 5.72. The number of thioether (sulfide) groups is 2. The van der Waals surface area contributed by atoms with E-state index < -0.39 is 0 Å². The van der Waals surface area contributed by atoms with E-state index in [0.29, 0.717) is 0 Å². The summed E-state index contributed by atoms with van der Waals surface area (Å²) in [7, 11) is 5.48. The van der Waals surface area contributed by atoms with Gasteiger partial charge in [0.15, 0.2) is 6.20 Å². The Kier molecular flexibility index (Phi) is 5.43. The van der Waals surface area contributed by atoms with Gasteiger partial charge in [-0.25, -0.2) is 4.57 Å². The van der Waals surface area contributed by atoms with E-state index in [0.717, 1.165) is 26.4 Å². The fraction of sp³-hybridized carbons (Fsp3) is 0.182. The molecule has 1 saturated heterocycles. The molecule has 0 spiro atoms. The van der Waals surface area contributed by atoms with Gasteiger partial charge in [0.05, 0.1) is 33.5 Å². The Morgan fingerprint density at radius 3 is 2.69 bits per heavy atom. The minimum atomic E-state index is -0.294. The van der Waals surface area contributed by atoms with E-state index in [-0.39, 0.29) is 12.5 Å². The lowest BCUT2D eigenvalue weighted by atomic mass is 10.3. The maximum Gasteiger partial charge on any atom is 0.325 e. The lowest BCUT2D eigenvalue weighted by Crippen LogP contribution is -2.31. The summed E-state index contributed by atoms with van der Waals surface area (Å²) in [4.78, 5) is 18.5. The number of esters is 1. The molecule has 0 aliphatic carbocycles. The number of carbonyl (C=O) groups excluding carboxylic acids is 1. The first-order chi connectivity index (χ1) is 14.0. The summed E-state index contributed by atoms with van der Waals surface area (Å²) in [5, 5.41) is 2.08. The molecule has 0 atom stereocenters. The summed E-state index contributed by atoms with van der Waals surface area (Å²) in [6.07, 6.45) is 4.08. The van der Waals surface area contributed by atoms with Crippen LogP contribution in [0.1, 0.15) is 5.69 Å². The Hall–Kier alpha value is -2.64. The van der Waals surface area contributed by atoms with Crippen LogP contribution >= 0.6 is 23.5 Å². The Balaban J connectivity index is 1.76. The van der Waals surface area contributed by atoms with Crippen LogP contribution in [-0.4, -0.2) is 31.6 Å². The summed E-state index contributed by atoms with van der Waals surface area (Å²) in [6.45, 7) is 4.44. The largest absolute Gasteiger partial charge is 0.468 e. The molecule has 2 aromatic rings. The number of carbonyl (C=O) groups is 1. The molecule has 3 heterocycles. The minimum absolute atomic E-state index is 0.128. The molecular formula is C22H22N3O2S2+. The highest BCUT2D eigenvalue weighted by molar-refractivity contribution is 8.09. The van der Waals surface area contributed by atoms with Crippen molar-refractivity contribution in [1.82, 2.24) is 4.90 Å². The van der Waals surface area contributed by atoms with Crippen LogP contribution in [0.15, 0.2) is 80.8 Å². The van der Waals surface area contributed by atoms with Crippen molar-refractivity contribution in [2.75, 3.05) is 25.6 Å². The van der Waals surface area contributed by atoms with Crippen molar-refractivity contribution in [2.24, 2.45) is 7.05 Å². The molecule has 0 amide bonds. The lowest BCUT2D eigenvalue weighted by molar-refractivity contribution is -0.673. The Bertz CT molecular complexity index is 1060. The first-order valence-corrected chi connectivity index (χ1v) is 10.8. The van der Waals surface area contributed by atoms with Crippen LogP contribution in [0.25, 0.3) is 6.08 Å². The van der Waals surface area contributed by atoms with Gasteiger partial charge in [0.25, 0.3) is 0 Å². The smallest absolute Gasteiger partial charge is 0.325 e. The second kappa shape index (κ2) is 8.00. The van der Waals surface area contributed by atoms with Crippen LogP contribution < -0.4 is 9.47 Å². The van der Waals surface area contributed by atoms with E-state index in [1.807, 2.05) is 53.0 Å². The predicted molar refractivity (Wildman–Crippen MR) is 119 cm³/mol. The van der Waals surface area contributed by atoms with Crippen LogP contribution in [0.4, 0.5) is 5.69 Å². The third-order valence-electron chi connectivity index (χ3n) is 4.87. The lowest BCUT2D eigenvalue weighted by Gasteiger charge is -2.19. The SMILES string of the molecule is C=C1/C(=C2\Sc3ccccc3N2C)S/C(=C\c2cccc[n+]2C)N1CC(=O)OC. The number of pyridine rings is 1. The molecule has 1 aromatic heterocycles. The molecule has 0 radical (unpaired) electrons. The number of rotatable bonds is 3. The number of ether oxygens (including phenoxy) is 1. The highest BCUT2D eigenvalue weighted by atomic mass is 32.2. The summed E-state index contributed by atoms with van der Waals surface area (Å²) in [5.74, 6) is -0.294. The third kappa shape index (κ3) is 3.68. The van der Waals surface area contributed by atoms with Crippen molar-refractivity contribution in [3.63, 3.8) is 0 Å². The number of nitrogens with zero attached hydrogens (tertiary/aromatic N) is 3. The molecule has 5 nitrogen and oxygen atoms in total. The highest BCUT2D eigenvalue weighted by Gasteiger charge is 2.35. The van der Waals surface area contributed by atoms with Crippen LogP contribution in [0.5, 0.6) is 0 Å². The number of hydrogen-bond acceptors (Lipinski definition) is 6. The molecule has 148 valence electrons. The molecule has 0 N–H and O–H groups in total. The van der Waals surface area contributed by atoms with E-state index >= 15 is 0 Å². The fourth-order valence-electron chi connectivity index (χ4n) is 3.23. The summed E-state index contributed by atoms with van der Waals surface area (Å²) < 4.78 is 6.97. The predicted octanol–water partition coefficient (Wildman–Crippen LogP) is 3.96. The second-order valence-corrected chi connectivity index (χ2v) is 8.75. The van der Waals surface area contributed by atoms with Crippen molar-refractivity contribution >= 4 is 41.3 Å². The number of aryl methyl sites for hydroxylation is 1. The van der Waals surface area contributed by atoms with E-state index in [9.17, 15) is 4.79 Å². The van der Waals surface area contributed by atoms with Crippen molar-refractivity contribution in [3.05, 3.63) is 81.6 Å². The van der Waals surface area contributed by atoms with Crippen LogP contribution in [0.2, 0.25) is 0 Å². The summed E-state index contributed by atoms with van der Waals surface area (Å²) in [5.41, 5.74) is 3.03. The monoisotopic (exact) mass is 424 g/mol. The third-order valence-corrected chi connectivity index (χ3v) is 7.42. The zero-order valence-corrected chi connectivity index (χ0v) is 18.2. The zero-order chi connectivity index (χ0) is 20.5. The number of para-hydroxylation sites is 1. The van der Waals surface area contributed by atoms with Crippen LogP contribution in [-0.2, 0) is 16.6 Å². The van der Waals surface area contributed by atoms with Gasteiger partial charge in [-0.05, 0) is 18.2 Å². The number of hydrogen-bond donors (Lipinski definition) is 0. The number of methoxy groups -OCH3 is 1. The first-order valence-electron chi connectivity index (χ1n) is 9.12. The van der Waals surface area contributed by atoms with Gasteiger partial charge >= 0.3 is 5.97 Å². The topological polar surface area (TPSA) is 36.7 Å². The van der Waals surface area contributed by atoms with Gasteiger partial charge in [-0.3, -0.25) is 4.79 Å². The normalized spacial score (nSPS) is 19.8. The Morgan fingerprint density at radius 2 is 1.97 bits per heavy atom. The second-order valence-electron chi connectivity index (χ2n) is 6.69. The zero-order valence-electron chi connectivity index (χ0n) is 16.6. The molecule has 0 bridgehead atoms. The molecule has 0 saturated carbocycles. The number of fused-ring (bicyclic) bond motifs is 1. The highest BCUT2D eigenvalue weighted by Crippen LogP contribution is 2.54. The number of benzene rings is 1. The van der Waals surface area contributed by atoms with Gasteiger partial charge in [0.1, 0.15) is 13.6 Å². The van der Waals surface area contributed by atoms with E-state index in [2.05, 4.69) is 36.7 Å². The molecule has 7 heteroatoms. The maximum absolute atomic E-state index is 12.1. The molecule has 1 fully saturated rings. The summed E-state index contributed by atoms with van der Waals surface area (Å²) >= 11 is 3.37. The van der Waals surface area contributed by atoms with E-state index in [1.165, 1.54) is 17.7 Å². The number of anilines is 1. The van der Waals surface area contributed by atoms with Crippen molar-refractivity contribution in [2.45, 2.75) is 4.90 Å². The van der Waals surface area contributed by atoms with Crippen molar-refractivity contribution in [1.29, 1.82) is 0 Å². The average Bonchev–Trinajstić information content (AvgIpc) is 3.21. The molecule has 2 aliphatic heterocycles. The first kappa shape index (κ1) is 19.7. The summed E-state index contributed by atoms with van der Waals surface area (Å²) in [6, 6.07) is 14.4. The molecule has 29 heavy (non-hydrogen) atoms. The molecular weight excluding hydrogens is 402 g/mol. The van der Waals surface area contributed by atoms with Crippen LogP contribution in [0, 0.1) is 0 Å².